The largest absolute Gasteiger partial charge is 0.507 e. The van der Waals surface area contributed by atoms with Crippen LogP contribution in [0.5, 0.6) is 11.5 Å². The number of benzene rings is 2. The molecule has 2 aromatic carbocycles. The molecule has 0 aliphatic carbocycles. The van der Waals surface area contributed by atoms with Crippen LogP contribution in [0.4, 0.5) is 0 Å². The van der Waals surface area contributed by atoms with Gasteiger partial charge in [0, 0.05) is 35.6 Å². The third-order valence-corrected chi connectivity index (χ3v) is 7.79. The van der Waals surface area contributed by atoms with Crippen LogP contribution in [0.2, 0.25) is 0 Å². The molecule has 0 atom stereocenters. The van der Waals surface area contributed by atoms with E-state index < -0.39 is 0 Å². The van der Waals surface area contributed by atoms with Gasteiger partial charge in [0.15, 0.2) is 0 Å². The Morgan fingerprint density at radius 2 is 0.743 bits per heavy atom. The Morgan fingerprint density at radius 1 is 0.514 bits per heavy atom. The van der Waals surface area contributed by atoms with E-state index in [4.69, 9.17) is 3.63 Å². The second-order valence-corrected chi connectivity index (χ2v) is 15.3. The first-order valence-corrected chi connectivity index (χ1v) is 14.2. The van der Waals surface area contributed by atoms with Crippen molar-refractivity contribution in [2.24, 2.45) is 0 Å². The second kappa shape index (κ2) is 10.6. The maximum Gasteiger partial charge on any atom is 0.123 e. The van der Waals surface area contributed by atoms with Crippen molar-refractivity contribution in [2.75, 3.05) is 0 Å². The number of aromatic hydroxyl groups is 2. The summed E-state index contributed by atoms with van der Waals surface area (Å²) in [7, 11) is 0. The fraction of sp³-hybridized carbons (Fsp3) is 0.600. The Labute approximate surface area is 222 Å². The minimum atomic E-state index is -0.144. The van der Waals surface area contributed by atoms with Crippen LogP contribution < -0.4 is 0 Å². The van der Waals surface area contributed by atoms with Gasteiger partial charge in [-0.15, -0.1) is 0 Å². The minimum Gasteiger partial charge on any atom is -0.507 e. The third kappa shape index (κ3) is 7.84. The molecule has 0 amide bonds. The summed E-state index contributed by atoms with van der Waals surface area (Å²) in [5, 5.41) is 21.9. The Kier molecular flexibility index (Phi) is 9.06. The third-order valence-electron chi connectivity index (χ3n) is 6.12. The fourth-order valence-corrected chi connectivity index (χ4v) is 5.32. The predicted molar refractivity (Wildman–Crippen MR) is 155 cm³/mol. The van der Waals surface area contributed by atoms with Gasteiger partial charge in [-0.3, -0.25) is 0 Å². The summed E-state index contributed by atoms with van der Waals surface area (Å²) in [4.78, 5) is 0. The zero-order valence-electron chi connectivity index (χ0n) is 23.8. The van der Waals surface area contributed by atoms with Crippen molar-refractivity contribution >= 4 is 24.1 Å². The van der Waals surface area contributed by atoms with Crippen molar-refractivity contribution in [3.05, 3.63) is 57.6 Å². The number of phenols is 2. The average Bonchev–Trinajstić information content (AvgIpc) is 2.66. The van der Waals surface area contributed by atoms with E-state index in [-0.39, 0.29) is 21.7 Å². The molecule has 0 aliphatic rings. The summed E-state index contributed by atoms with van der Waals surface area (Å²) in [6.45, 7) is 25.6. The van der Waals surface area contributed by atoms with Crippen LogP contribution in [0.25, 0.3) is 0 Å². The zero-order valence-corrected chi connectivity index (χ0v) is 25.5. The Hall–Kier alpha value is -1.30. The monoisotopic (exact) mass is 518 g/mol. The molecule has 3 nitrogen and oxygen atoms in total. The fourth-order valence-electron chi connectivity index (χ4n) is 4.06. The Morgan fingerprint density at radius 3 is 0.943 bits per heavy atom. The smallest absolute Gasteiger partial charge is 0.123 e. The van der Waals surface area contributed by atoms with Gasteiger partial charge in [-0.25, -0.2) is 3.63 Å². The van der Waals surface area contributed by atoms with E-state index >= 15 is 0 Å². The first kappa shape index (κ1) is 29.9. The molecule has 2 aromatic rings. The summed E-state index contributed by atoms with van der Waals surface area (Å²) in [5.41, 5.74) is 5.62. The summed E-state index contributed by atoms with van der Waals surface area (Å²) in [6, 6.07) is 8.43. The maximum absolute atomic E-state index is 10.9. The second-order valence-electron chi connectivity index (χ2n) is 13.7. The quantitative estimate of drug-likeness (QED) is 0.295. The van der Waals surface area contributed by atoms with Crippen LogP contribution in [-0.2, 0) is 36.8 Å². The molecule has 0 heterocycles. The van der Waals surface area contributed by atoms with E-state index in [1.54, 1.807) is 0 Å². The Balaban J connectivity index is 2.15. The summed E-state index contributed by atoms with van der Waals surface area (Å²) < 4.78 is 5.91. The van der Waals surface area contributed by atoms with Gasteiger partial charge in [0.25, 0.3) is 0 Å². The highest BCUT2D eigenvalue weighted by molar-refractivity contribution is 8.07. The highest BCUT2D eigenvalue weighted by atomic mass is 32.2. The minimum absolute atomic E-state index is 0.144. The van der Waals surface area contributed by atoms with Crippen molar-refractivity contribution in [1.29, 1.82) is 0 Å². The number of rotatable bonds is 6. The van der Waals surface area contributed by atoms with Crippen LogP contribution in [-0.4, -0.2) is 10.2 Å². The van der Waals surface area contributed by atoms with Crippen molar-refractivity contribution in [1.82, 2.24) is 0 Å². The van der Waals surface area contributed by atoms with Crippen LogP contribution in [0.3, 0.4) is 0 Å². The molecule has 35 heavy (non-hydrogen) atoms. The lowest BCUT2D eigenvalue weighted by Crippen LogP contribution is -2.17. The molecular weight excluding hydrogens is 472 g/mol. The molecule has 0 unspecified atom stereocenters. The van der Waals surface area contributed by atoms with Gasteiger partial charge in [-0.2, -0.15) is 0 Å². The first-order chi connectivity index (χ1) is 15.7. The van der Waals surface area contributed by atoms with E-state index in [0.717, 1.165) is 33.4 Å². The molecule has 0 saturated heterocycles. The van der Waals surface area contributed by atoms with Crippen molar-refractivity contribution < 1.29 is 13.8 Å². The number of hydrogen-bond acceptors (Lipinski definition) is 5. The first-order valence-electron chi connectivity index (χ1n) is 12.4. The van der Waals surface area contributed by atoms with Gasteiger partial charge in [0.2, 0.25) is 0 Å². The molecule has 0 bridgehead atoms. The molecule has 0 aliphatic heterocycles. The van der Waals surface area contributed by atoms with Gasteiger partial charge >= 0.3 is 0 Å². The summed E-state index contributed by atoms with van der Waals surface area (Å²) in [6.07, 6.45) is 0. The molecular formula is C30H46O3S2. The van der Waals surface area contributed by atoms with Crippen LogP contribution in [0, 0.1) is 0 Å². The van der Waals surface area contributed by atoms with E-state index in [2.05, 4.69) is 107 Å². The normalized spacial score (nSPS) is 13.4. The maximum atomic E-state index is 10.9. The van der Waals surface area contributed by atoms with E-state index in [9.17, 15) is 10.2 Å². The lowest BCUT2D eigenvalue weighted by atomic mass is 9.78. The molecule has 2 rings (SSSR count). The van der Waals surface area contributed by atoms with Gasteiger partial charge in [0.05, 0.1) is 0 Å². The summed E-state index contributed by atoms with van der Waals surface area (Å²) in [5.74, 6) is 2.22. The van der Waals surface area contributed by atoms with Gasteiger partial charge in [-0.05, 0) is 55.0 Å². The lowest BCUT2D eigenvalue weighted by Gasteiger charge is -2.28. The lowest BCUT2D eigenvalue weighted by molar-refractivity contribution is 0.422. The summed E-state index contributed by atoms with van der Waals surface area (Å²) >= 11 is 2.85. The van der Waals surface area contributed by atoms with Crippen molar-refractivity contribution in [3.63, 3.8) is 0 Å². The standard InChI is InChI=1S/C30H46O3S2/c1-27(2,3)21-13-19(14-22(25(21)31)28(4,5)6)17-34-33-35-18-20-15-23(29(7,8)9)26(32)24(16-20)30(10,11)12/h13-16,31-32H,17-18H2,1-12H3. The molecule has 5 heteroatoms. The van der Waals surface area contributed by atoms with Gasteiger partial charge < -0.3 is 10.2 Å². The van der Waals surface area contributed by atoms with Gasteiger partial charge in [0.1, 0.15) is 11.5 Å². The predicted octanol–water partition coefficient (Wildman–Crippen LogP) is 9.30. The van der Waals surface area contributed by atoms with E-state index in [1.165, 1.54) is 24.1 Å². The highest BCUT2D eigenvalue weighted by Gasteiger charge is 2.28. The van der Waals surface area contributed by atoms with Crippen LogP contribution in [0.1, 0.15) is 116 Å². The van der Waals surface area contributed by atoms with Crippen LogP contribution >= 0.6 is 24.1 Å². The van der Waals surface area contributed by atoms with Crippen molar-refractivity contribution in [2.45, 2.75) is 116 Å². The molecule has 0 aromatic heterocycles. The van der Waals surface area contributed by atoms with E-state index in [1.807, 2.05) is 0 Å². The molecule has 2 N–H and O–H groups in total. The molecule has 0 radical (unpaired) electrons. The van der Waals surface area contributed by atoms with Crippen molar-refractivity contribution in [3.8, 4) is 11.5 Å². The highest BCUT2D eigenvalue weighted by Crippen LogP contribution is 2.42. The molecule has 0 spiro atoms. The molecule has 0 fully saturated rings. The zero-order chi connectivity index (χ0) is 27.0. The number of hydrogen-bond donors (Lipinski definition) is 2. The van der Waals surface area contributed by atoms with E-state index in [0.29, 0.717) is 23.0 Å². The van der Waals surface area contributed by atoms with Crippen LogP contribution in [0.15, 0.2) is 24.3 Å². The molecule has 196 valence electrons. The van der Waals surface area contributed by atoms with Gasteiger partial charge in [-0.1, -0.05) is 107 Å². The topological polar surface area (TPSA) is 49.7 Å². The Bertz CT molecular complexity index is 876. The molecule has 0 saturated carbocycles. The average molecular weight is 519 g/mol. The number of phenolic OH excluding ortho intramolecular Hbond substituents is 2. The SMILES string of the molecule is CC(C)(C)c1cc(CSOSCc2cc(C(C)(C)C)c(O)c(C(C)(C)C)c2)cc(C(C)(C)C)c1O.